The van der Waals surface area contributed by atoms with Gasteiger partial charge in [-0.15, -0.1) is 0 Å². The number of aromatic nitrogens is 3. The lowest BCUT2D eigenvalue weighted by Gasteiger charge is -2.15. The van der Waals surface area contributed by atoms with Gasteiger partial charge < -0.3 is 14.0 Å². The fourth-order valence-electron chi connectivity index (χ4n) is 4.22. The Morgan fingerprint density at radius 1 is 1.06 bits per heavy atom. The van der Waals surface area contributed by atoms with Gasteiger partial charge in [-0.05, 0) is 57.5 Å². The SMILES string of the molecule is CCOC(=O)c1cc2c(=O)n3cccc(C)c3nc2n(CCOC)c1=NC(=O)c1cc(C)cc(C)c1. The first-order valence-electron chi connectivity index (χ1n) is 11.6. The molecule has 1 aromatic carbocycles. The van der Waals surface area contributed by atoms with E-state index >= 15 is 0 Å². The van der Waals surface area contributed by atoms with Gasteiger partial charge in [-0.25, -0.2) is 9.78 Å². The third-order valence-corrected chi connectivity index (χ3v) is 5.80. The highest BCUT2D eigenvalue weighted by Crippen LogP contribution is 2.15. The Bertz CT molecular complexity index is 1610. The lowest BCUT2D eigenvalue weighted by Crippen LogP contribution is -2.33. The maximum Gasteiger partial charge on any atom is 0.341 e. The van der Waals surface area contributed by atoms with Crippen molar-refractivity contribution >= 4 is 28.6 Å². The molecule has 0 radical (unpaired) electrons. The van der Waals surface area contributed by atoms with Crippen molar-refractivity contribution in [3.8, 4) is 0 Å². The van der Waals surface area contributed by atoms with Crippen LogP contribution in [0.15, 0.2) is 52.4 Å². The molecule has 0 spiro atoms. The molecule has 0 saturated heterocycles. The molecule has 0 N–H and O–H groups in total. The van der Waals surface area contributed by atoms with Gasteiger partial charge in [-0.1, -0.05) is 23.3 Å². The third kappa shape index (κ3) is 4.70. The van der Waals surface area contributed by atoms with Crippen LogP contribution in [0, 0.1) is 20.8 Å². The minimum absolute atomic E-state index is 0.00433. The van der Waals surface area contributed by atoms with Crippen molar-refractivity contribution in [1.29, 1.82) is 0 Å². The van der Waals surface area contributed by atoms with Crippen molar-refractivity contribution in [1.82, 2.24) is 14.0 Å². The van der Waals surface area contributed by atoms with Gasteiger partial charge in [-0.2, -0.15) is 4.99 Å². The quantitative estimate of drug-likeness (QED) is 0.305. The van der Waals surface area contributed by atoms with E-state index in [1.54, 1.807) is 35.9 Å². The van der Waals surface area contributed by atoms with Gasteiger partial charge in [0.25, 0.3) is 11.5 Å². The standard InChI is InChI=1S/C27H28N4O5/c1-6-36-27(34)21-15-20-23(28-22-18(4)8-7-9-31(22)26(20)33)30(10-11-35-5)24(21)29-25(32)19-13-16(2)12-17(3)14-19/h7-9,12-15H,6,10-11H2,1-5H3. The smallest absolute Gasteiger partial charge is 0.341 e. The van der Waals surface area contributed by atoms with E-state index in [0.29, 0.717) is 16.9 Å². The van der Waals surface area contributed by atoms with Crippen molar-refractivity contribution < 1.29 is 19.1 Å². The lowest BCUT2D eigenvalue weighted by atomic mass is 10.1. The Morgan fingerprint density at radius 3 is 2.44 bits per heavy atom. The zero-order valence-corrected chi connectivity index (χ0v) is 21.0. The fraction of sp³-hybridized carbons (Fsp3) is 0.296. The average Bonchev–Trinajstić information content (AvgIpc) is 2.83. The Morgan fingerprint density at radius 2 is 1.78 bits per heavy atom. The zero-order chi connectivity index (χ0) is 26.0. The zero-order valence-electron chi connectivity index (χ0n) is 21.0. The van der Waals surface area contributed by atoms with Crippen LogP contribution < -0.4 is 11.0 Å². The molecule has 0 bridgehead atoms. The summed E-state index contributed by atoms with van der Waals surface area (Å²) in [4.78, 5) is 48.9. The molecule has 3 heterocycles. The van der Waals surface area contributed by atoms with E-state index in [1.807, 2.05) is 32.9 Å². The molecule has 0 atom stereocenters. The molecular formula is C27H28N4O5. The number of carbonyl (C=O) groups excluding carboxylic acids is 2. The van der Waals surface area contributed by atoms with Crippen LogP contribution in [-0.4, -0.2) is 46.2 Å². The number of benzene rings is 1. The van der Waals surface area contributed by atoms with Gasteiger partial charge in [0, 0.05) is 25.4 Å². The number of pyridine rings is 2. The van der Waals surface area contributed by atoms with Crippen LogP contribution in [0.1, 0.15) is 44.3 Å². The molecule has 4 aromatic rings. The number of rotatable bonds is 6. The Labute approximate surface area is 207 Å². The molecule has 36 heavy (non-hydrogen) atoms. The number of hydrogen-bond acceptors (Lipinski definition) is 6. The molecule has 0 fully saturated rings. The van der Waals surface area contributed by atoms with Crippen molar-refractivity contribution in [3.05, 3.63) is 86.3 Å². The van der Waals surface area contributed by atoms with Crippen LogP contribution in [0.5, 0.6) is 0 Å². The number of esters is 1. The van der Waals surface area contributed by atoms with E-state index in [9.17, 15) is 14.4 Å². The topological polar surface area (TPSA) is 104 Å². The highest BCUT2D eigenvalue weighted by Gasteiger charge is 2.20. The Balaban J connectivity index is 2.14. The molecule has 3 aromatic heterocycles. The van der Waals surface area contributed by atoms with Crippen LogP contribution in [0.25, 0.3) is 16.7 Å². The van der Waals surface area contributed by atoms with Crippen LogP contribution in [0.4, 0.5) is 0 Å². The fourth-order valence-corrected chi connectivity index (χ4v) is 4.22. The predicted octanol–water partition coefficient (Wildman–Crippen LogP) is 3.14. The number of hydrogen-bond donors (Lipinski definition) is 0. The van der Waals surface area contributed by atoms with E-state index < -0.39 is 11.9 Å². The van der Waals surface area contributed by atoms with Crippen molar-refractivity contribution in [2.45, 2.75) is 34.2 Å². The number of nitrogens with zero attached hydrogens (tertiary/aromatic N) is 4. The van der Waals surface area contributed by atoms with Gasteiger partial charge in [0.2, 0.25) is 0 Å². The number of ether oxygens (including phenoxy) is 2. The molecule has 0 saturated carbocycles. The number of methoxy groups -OCH3 is 1. The van der Waals surface area contributed by atoms with Crippen LogP contribution in [0.2, 0.25) is 0 Å². The first-order valence-corrected chi connectivity index (χ1v) is 11.6. The minimum atomic E-state index is -0.689. The highest BCUT2D eigenvalue weighted by atomic mass is 16.5. The van der Waals surface area contributed by atoms with Gasteiger partial charge in [0.15, 0.2) is 5.49 Å². The summed E-state index contributed by atoms with van der Waals surface area (Å²) in [6.45, 7) is 7.89. The molecular weight excluding hydrogens is 460 g/mol. The van der Waals surface area contributed by atoms with Crippen LogP contribution in [-0.2, 0) is 16.0 Å². The summed E-state index contributed by atoms with van der Waals surface area (Å²) < 4.78 is 13.6. The lowest BCUT2D eigenvalue weighted by molar-refractivity contribution is 0.0523. The number of amides is 1. The van der Waals surface area contributed by atoms with Gasteiger partial charge in [-0.3, -0.25) is 14.0 Å². The Hall–Kier alpha value is -4.11. The number of fused-ring (bicyclic) bond motifs is 2. The molecule has 1 amide bonds. The van der Waals surface area contributed by atoms with Crippen molar-refractivity contribution in [2.75, 3.05) is 20.3 Å². The van der Waals surface area contributed by atoms with Crippen LogP contribution in [0.3, 0.4) is 0 Å². The third-order valence-electron chi connectivity index (χ3n) is 5.80. The summed E-state index contributed by atoms with van der Waals surface area (Å²) in [6.07, 6.45) is 1.63. The van der Waals surface area contributed by atoms with E-state index in [0.717, 1.165) is 16.7 Å². The number of aryl methyl sites for hydroxylation is 3. The molecule has 0 aliphatic heterocycles. The van der Waals surface area contributed by atoms with E-state index in [2.05, 4.69) is 4.99 Å². The summed E-state index contributed by atoms with van der Waals surface area (Å²) in [6, 6.07) is 10.5. The summed E-state index contributed by atoms with van der Waals surface area (Å²) in [5.41, 5.74) is 3.52. The predicted molar refractivity (Wildman–Crippen MR) is 135 cm³/mol. The maximum absolute atomic E-state index is 13.5. The summed E-state index contributed by atoms with van der Waals surface area (Å²) in [5, 5.41) is 0.204. The second kappa shape index (κ2) is 10.2. The highest BCUT2D eigenvalue weighted by molar-refractivity contribution is 5.97. The molecule has 0 unspecified atom stereocenters. The van der Waals surface area contributed by atoms with E-state index in [4.69, 9.17) is 14.5 Å². The first kappa shape index (κ1) is 25.0. The summed E-state index contributed by atoms with van der Waals surface area (Å²) in [7, 11) is 1.54. The average molecular weight is 489 g/mol. The molecule has 0 aliphatic rings. The maximum atomic E-state index is 13.5. The molecule has 9 heteroatoms. The van der Waals surface area contributed by atoms with Gasteiger partial charge >= 0.3 is 5.97 Å². The van der Waals surface area contributed by atoms with Gasteiger partial charge in [0.05, 0.1) is 18.6 Å². The second-order valence-electron chi connectivity index (χ2n) is 8.58. The molecule has 0 aliphatic carbocycles. The van der Waals surface area contributed by atoms with E-state index in [-0.39, 0.29) is 41.8 Å². The monoisotopic (exact) mass is 488 g/mol. The summed E-state index contributed by atoms with van der Waals surface area (Å²) in [5.74, 6) is -1.21. The second-order valence-corrected chi connectivity index (χ2v) is 8.58. The van der Waals surface area contributed by atoms with Crippen LogP contribution >= 0.6 is 0 Å². The molecule has 4 rings (SSSR count). The Kier molecular flexibility index (Phi) is 7.12. The van der Waals surface area contributed by atoms with Gasteiger partial charge in [0.1, 0.15) is 16.9 Å². The largest absolute Gasteiger partial charge is 0.462 e. The molecule has 186 valence electrons. The first-order chi connectivity index (χ1) is 17.2. The van der Waals surface area contributed by atoms with Crippen molar-refractivity contribution in [3.63, 3.8) is 0 Å². The molecule has 9 nitrogen and oxygen atoms in total. The van der Waals surface area contributed by atoms with E-state index in [1.165, 1.54) is 17.6 Å². The minimum Gasteiger partial charge on any atom is -0.462 e. The summed E-state index contributed by atoms with van der Waals surface area (Å²) >= 11 is 0. The van der Waals surface area contributed by atoms with Crippen molar-refractivity contribution in [2.24, 2.45) is 4.99 Å². The number of carbonyl (C=O) groups is 2. The normalized spacial score (nSPS) is 11.9.